The number of hydrogen-bond donors (Lipinski definition) is 0. The minimum atomic E-state index is -0.126. The molecule has 0 saturated heterocycles. The van der Waals surface area contributed by atoms with Gasteiger partial charge in [-0.05, 0) is 37.0 Å². The van der Waals surface area contributed by atoms with Crippen LogP contribution in [0.15, 0.2) is 0 Å². The highest BCUT2D eigenvalue weighted by atomic mass is 16.5. The molecule has 0 saturated carbocycles. The van der Waals surface area contributed by atoms with E-state index in [1.165, 1.54) is 12.8 Å². The summed E-state index contributed by atoms with van der Waals surface area (Å²) in [6.07, 6.45) is 8.81. The molecule has 1 atom stereocenters. The molecule has 0 aromatic carbocycles. The lowest BCUT2D eigenvalue weighted by molar-refractivity contribution is -0.145. The van der Waals surface area contributed by atoms with E-state index in [9.17, 15) is 9.59 Å². The fourth-order valence-electron chi connectivity index (χ4n) is 2.91. The maximum Gasteiger partial charge on any atom is 0.305 e. The molecular weight excluding hydrogens is 316 g/mol. The van der Waals surface area contributed by atoms with Crippen molar-refractivity contribution in [2.24, 2.45) is 11.3 Å². The Hall–Kier alpha value is -1.06. The molecule has 0 aliphatic carbocycles. The topological polar surface area (TPSA) is 52.6 Å². The highest BCUT2D eigenvalue weighted by Gasteiger charge is 2.16. The lowest BCUT2D eigenvalue weighted by atomic mass is 9.86. The minimum absolute atomic E-state index is 0.116. The molecule has 25 heavy (non-hydrogen) atoms. The second-order valence-corrected chi connectivity index (χ2v) is 8.39. The zero-order chi connectivity index (χ0) is 19.1. The molecule has 0 rings (SSSR count). The number of carbonyl (C=O) groups excluding carboxylic acids is 2. The van der Waals surface area contributed by atoms with Crippen molar-refractivity contribution in [2.75, 3.05) is 13.2 Å². The van der Waals surface area contributed by atoms with Gasteiger partial charge in [-0.1, -0.05) is 60.3 Å². The van der Waals surface area contributed by atoms with Crippen molar-refractivity contribution in [3.8, 4) is 0 Å². The predicted octanol–water partition coefficient (Wildman–Crippen LogP) is 5.68. The van der Waals surface area contributed by atoms with Crippen LogP contribution in [0.3, 0.4) is 0 Å². The third-order valence-corrected chi connectivity index (χ3v) is 4.01. The first-order valence-electron chi connectivity index (χ1n) is 10.1. The summed E-state index contributed by atoms with van der Waals surface area (Å²) in [5.41, 5.74) is 0.260. The second-order valence-electron chi connectivity index (χ2n) is 8.39. The summed E-state index contributed by atoms with van der Waals surface area (Å²) in [7, 11) is 0. The third-order valence-electron chi connectivity index (χ3n) is 4.01. The van der Waals surface area contributed by atoms with Crippen molar-refractivity contribution in [3.63, 3.8) is 0 Å². The normalized spacial score (nSPS) is 12.7. The molecule has 0 amide bonds. The van der Waals surface area contributed by atoms with Gasteiger partial charge in [0.15, 0.2) is 0 Å². The molecule has 0 fully saturated rings. The van der Waals surface area contributed by atoms with Gasteiger partial charge in [0, 0.05) is 12.8 Å². The molecular formula is C21H40O4. The van der Waals surface area contributed by atoms with Crippen LogP contribution < -0.4 is 0 Å². The fraction of sp³-hybridized carbons (Fsp3) is 0.905. The molecule has 4 nitrogen and oxygen atoms in total. The SMILES string of the molecule is CCCCCCOC(=O)CCCCCC(=O)OCC(C)CC(C)(C)C. The van der Waals surface area contributed by atoms with Gasteiger partial charge >= 0.3 is 11.9 Å². The van der Waals surface area contributed by atoms with E-state index in [1.807, 2.05) is 0 Å². The number of rotatable bonds is 14. The van der Waals surface area contributed by atoms with Gasteiger partial charge in [0.1, 0.15) is 0 Å². The van der Waals surface area contributed by atoms with E-state index in [0.29, 0.717) is 32.0 Å². The molecule has 0 aliphatic heterocycles. The lowest BCUT2D eigenvalue weighted by Gasteiger charge is -2.22. The van der Waals surface area contributed by atoms with E-state index < -0.39 is 0 Å². The van der Waals surface area contributed by atoms with Crippen LogP contribution in [-0.2, 0) is 19.1 Å². The molecule has 148 valence electrons. The van der Waals surface area contributed by atoms with Gasteiger partial charge in [0.25, 0.3) is 0 Å². The molecule has 0 heterocycles. The van der Waals surface area contributed by atoms with Crippen LogP contribution in [0.2, 0.25) is 0 Å². The van der Waals surface area contributed by atoms with Gasteiger partial charge in [-0.15, -0.1) is 0 Å². The highest BCUT2D eigenvalue weighted by molar-refractivity contribution is 5.69. The maximum atomic E-state index is 11.7. The molecule has 4 heteroatoms. The van der Waals surface area contributed by atoms with Gasteiger partial charge in [0.2, 0.25) is 0 Å². The number of carbonyl (C=O) groups is 2. The molecule has 0 aromatic rings. The first kappa shape index (κ1) is 23.9. The Kier molecular flexibility index (Phi) is 13.5. The van der Waals surface area contributed by atoms with Crippen LogP contribution in [0.5, 0.6) is 0 Å². The molecule has 0 aromatic heterocycles. The van der Waals surface area contributed by atoms with Crippen molar-refractivity contribution in [1.82, 2.24) is 0 Å². The predicted molar refractivity (Wildman–Crippen MR) is 102 cm³/mol. The number of unbranched alkanes of at least 4 members (excludes halogenated alkanes) is 5. The maximum absolute atomic E-state index is 11.7. The van der Waals surface area contributed by atoms with E-state index in [2.05, 4.69) is 34.6 Å². The van der Waals surface area contributed by atoms with E-state index in [1.54, 1.807) is 0 Å². The summed E-state index contributed by atoms with van der Waals surface area (Å²) in [6, 6.07) is 0. The van der Waals surface area contributed by atoms with Gasteiger partial charge in [-0.25, -0.2) is 0 Å². The lowest BCUT2D eigenvalue weighted by Crippen LogP contribution is -2.17. The Bertz CT molecular complexity index is 357. The molecule has 0 radical (unpaired) electrons. The zero-order valence-electron chi connectivity index (χ0n) is 17.2. The Morgan fingerprint density at radius 1 is 0.840 bits per heavy atom. The minimum Gasteiger partial charge on any atom is -0.466 e. The molecule has 0 N–H and O–H groups in total. The summed E-state index contributed by atoms with van der Waals surface area (Å²) in [6.45, 7) is 11.9. The van der Waals surface area contributed by atoms with Crippen LogP contribution in [-0.4, -0.2) is 25.2 Å². The summed E-state index contributed by atoms with van der Waals surface area (Å²) in [4.78, 5) is 23.3. The summed E-state index contributed by atoms with van der Waals surface area (Å²) < 4.78 is 10.5. The smallest absolute Gasteiger partial charge is 0.305 e. The highest BCUT2D eigenvalue weighted by Crippen LogP contribution is 2.24. The summed E-state index contributed by atoms with van der Waals surface area (Å²) in [5, 5.41) is 0. The van der Waals surface area contributed by atoms with Gasteiger partial charge in [-0.3, -0.25) is 9.59 Å². The Labute approximate surface area is 155 Å². The number of esters is 2. The van der Waals surface area contributed by atoms with Gasteiger partial charge in [0.05, 0.1) is 13.2 Å². The monoisotopic (exact) mass is 356 g/mol. The van der Waals surface area contributed by atoms with E-state index in [0.717, 1.165) is 38.5 Å². The van der Waals surface area contributed by atoms with Crippen molar-refractivity contribution in [1.29, 1.82) is 0 Å². The van der Waals surface area contributed by atoms with Crippen LogP contribution in [0.4, 0.5) is 0 Å². The number of ether oxygens (including phenoxy) is 2. The van der Waals surface area contributed by atoms with E-state index in [-0.39, 0.29) is 17.4 Å². The molecule has 1 unspecified atom stereocenters. The fourth-order valence-corrected chi connectivity index (χ4v) is 2.91. The summed E-state index contributed by atoms with van der Waals surface area (Å²) >= 11 is 0. The third kappa shape index (κ3) is 17.6. The van der Waals surface area contributed by atoms with E-state index in [4.69, 9.17) is 9.47 Å². The van der Waals surface area contributed by atoms with Crippen LogP contribution in [0.25, 0.3) is 0 Å². The molecule has 0 bridgehead atoms. The summed E-state index contributed by atoms with van der Waals surface area (Å²) in [5.74, 6) is 0.144. The Morgan fingerprint density at radius 2 is 1.40 bits per heavy atom. The molecule has 0 spiro atoms. The van der Waals surface area contributed by atoms with Crippen LogP contribution >= 0.6 is 0 Å². The largest absolute Gasteiger partial charge is 0.466 e. The number of hydrogen-bond acceptors (Lipinski definition) is 4. The average molecular weight is 357 g/mol. The van der Waals surface area contributed by atoms with Crippen molar-refractivity contribution < 1.29 is 19.1 Å². The quantitative estimate of drug-likeness (QED) is 0.297. The van der Waals surface area contributed by atoms with Crippen molar-refractivity contribution in [2.45, 2.75) is 98.8 Å². The van der Waals surface area contributed by atoms with E-state index >= 15 is 0 Å². The first-order chi connectivity index (χ1) is 11.7. The second kappa shape index (κ2) is 14.1. The van der Waals surface area contributed by atoms with Crippen molar-refractivity contribution in [3.05, 3.63) is 0 Å². The standard InChI is InChI=1S/C21H40O4/c1-6-7-8-12-15-24-19(22)13-10-9-11-14-20(23)25-17-18(2)16-21(3,4)5/h18H,6-17H2,1-5H3. The molecule has 0 aliphatic rings. The van der Waals surface area contributed by atoms with Gasteiger partial charge < -0.3 is 9.47 Å². The van der Waals surface area contributed by atoms with Gasteiger partial charge in [-0.2, -0.15) is 0 Å². The van der Waals surface area contributed by atoms with Crippen LogP contribution in [0, 0.1) is 11.3 Å². The average Bonchev–Trinajstić information content (AvgIpc) is 2.50. The van der Waals surface area contributed by atoms with Crippen LogP contribution in [0.1, 0.15) is 98.8 Å². The Balaban J connectivity index is 3.52. The first-order valence-corrected chi connectivity index (χ1v) is 10.1. The Morgan fingerprint density at radius 3 is 1.96 bits per heavy atom. The van der Waals surface area contributed by atoms with Crippen molar-refractivity contribution >= 4 is 11.9 Å². The zero-order valence-corrected chi connectivity index (χ0v) is 17.2.